The number of hydrogen-bond donors (Lipinski definition) is 0. The SMILES string of the molecule is O=Cc1ccc2cnn(-c3ccccn3)c(=O)c2c1. The minimum absolute atomic E-state index is 0.292. The minimum atomic E-state index is -0.292. The van der Waals surface area contributed by atoms with E-state index in [1.807, 2.05) is 0 Å². The minimum Gasteiger partial charge on any atom is -0.298 e. The highest BCUT2D eigenvalue weighted by atomic mass is 16.1. The Morgan fingerprint density at radius 2 is 2.05 bits per heavy atom. The summed E-state index contributed by atoms with van der Waals surface area (Å²) < 4.78 is 1.22. The van der Waals surface area contributed by atoms with Crippen LogP contribution in [0.5, 0.6) is 0 Å². The van der Waals surface area contributed by atoms with E-state index in [9.17, 15) is 9.59 Å². The van der Waals surface area contributed by atoms with Gasteiger partial charge < -0.3 is 0 Å². The number of rotatable bonds is 2. The molecule has 5 heteroatoms. The van der Waals surface area contributed by atoms with Crippen molar-refractivity contribution < 1.29 is 4.79 Å². The van der Waals surface area contributed by atoms with Crippen LogP contribution in [0.25, 0.3) is 16.6 Å². The zero-order valence-corrected chi connectivity index (χ0v) is 9.85. The van der Waals surface area contributed by atoms with Gasteiger partial charge in [-0.3, -0.25) is 9.59 Å². The molecule has 3 rings (SSSR count). The summed E-state index contributed by atoms with van der Waals surface area (Å²) >= 11 is 0. The molecule has 0 amide bonds. The van der Waals surface area contributed by atoms with Crippen molar-refractivity contribution in [2.45, 2.75) is 0 Å². The van der Waals surface area contributed by atoms with Crippen LogP contribution in [0.2, 0.25) is 0 Å². The molecular weight excluding hydrogens is 242 g/mol. The molecule has 0 aliphatic heterocycles. The van der Waals surface area contributed by atoms with Crippen molar-refractivity contribution in [1.82, 2.24) is 14.8 Å². The molecule has 0 fully saturated rings. The zero-order valence-electron chi connectivity index (χ0n) is 9.85. The van der Waals surface area contributed by atoms with Gasteiger partial charge in [0.1, 0.15) is 6.29 Å². The van der Waals surface area contributed by atoms with E-state index in [1.165, 1.54) is 4.68 Å². The van der Waals surface area contributed by atoms with Gasteiger partial charge in [0.25, 0.3) is 5.56 Å². The number of pyridine rings is 1. The molecule has 0 bridgehead atoms. The van der Waals surface area contributed by atoms with Crippen molar-refractivity contribution in [2.75, 3.05) is 0 Å². The third-order valence-corrected chi connectivity index (χ3v) is 2.81. The number of carbonyl (C=O) groups excluding carboxylic acids is 1. The second kappa shape index (κ2) is 4.45. The van der Waals surface area contributed by atoms with E-state index in [4.69, 9.17) is 0 Å². The Balaban J connectivity index is 2.31. The van der Waals surface area contributed by atoms with E-state index >= 15 is 0 Å². The summed E-state index contributed by atoms with van der Waals surface area (Å²) in [7, 11) is 0. The second-order valence-electron chi connectivity index (χ2n) is 4.01. The number of nitrogens with zero attached hydrogens (tertiary/aromatic N) is 3. The first kappa shape index (κ1) is 11.3. The van der Waals surface area contributed by atoms with Crippen LogP contribution in [-0.2, 0) is 0 Å². The largest absolute Gasteiger partial charge is 0.298 e. The van der Waals surface area contributed by atoms with Crippen molar-refractivity contribution in [1.29, 1.82) is 0 Å². The van der Waals surface area contributed by atoms with Gasteiger partial charge in [-0.1, -0.05) is 18.2 Å². The van der Waals surface area contributed by atoms with Gasteiger partial charge in [-0.25, -0.2) is 4.98 Å². The van der Waals surface area contributed by atoms with Gasteiger partial charge in [-0.2, -0.15) is 9.78 Å². The van der Waals surface area contributed by atoms with Gasteiger partial charge >= 0.3 is 0 Å². The van der Waals surface area contributed by atoms with Gasteiger partial charge in [-0.15, -0.1) is 0 Å². The zero-order chi connectivity index (χ0) is 13.2. The average molecular weight is 251 g/mol. The standard InChI is InChI=1S/C14H9N3O2/c18-9-10-4-5-11-8-16-17(14(19)12(11)7-10)13-3-1-2-6-15-13/h1-9H. The first-order valence-electron chi connectivity index (χ1n) is 5.68. The summed E-state index contributed by atoms with van der Waals surface area (Å²) in [4.78, 5) is 27.2. The Morgan fingerprint density at radius 1 is 1.16 bits per heavy atom. The highest BCUT2D eigenvalue weighted by Crippen LogP contribution is 2.11. The molecule has 1 aromatic carbocycles. The molecule has 5 nitrogen and oxygen atoms in total. The van der Waals surface area contributed by atoms with E-state index in [0.717, 1.165) is 0 Å². The highest BCUT2D eigenvalue weighted by Gasteiger charge is 2.07. The predicted octanol–water partition coefficient (Wildman–Crippen LogP) is 1.59. The lowest BCUT2D eigenvalue weighted by atomic mass is 10.1. The highest BCUT2D eigenvalue weighted by molar-refractivity contribution is 5.87. The van der Waals surface area contributed by atoms with Crippen LogP contribution in [0.4, 0.5) is 0 Å². The van der Waals surface area contributed by atoms with Crippen molar-refractivity contribution in [3.05, 3.63) is 64.7 Å². The molecule has 0 spiro atoms. The Bertz CT molecular complexity index is 810. The molecule has 3 aromatic rings. The van der Waals surface area contributed by atoms with Crippen LogP contribution >= 0.6 is 0 Å². The van der Waals surface area contributed by atoms with Crippen molar-refractivity contribution in [3.63, 3.8) is 0 Å². The van der Waals surface area contributed by atoms with Crippen LogP contribution in [0.1, 0.15) is 10.4 Å². The summed E-state index contributed by atoms with van der Waals surface area (Å²) in [6.07, 6.45) is 3.89. The molecule has 0 saturated heterocycles. The van der Waals surface area contributed by atoms with Crippen LogP contribution in [0.15, 0.2) is 53.6 Å². The van der Waals surface area contributed by atoms with E-state index in [0.29, 0.717) is 28.4 Å². The molecule has 0 aliphatic rings. The summed E-state index contributed by atoms with van der Waals surface area (Å²) in [6, 6.07) is 10.2. The van der Waals surface area contributed by atoms with E-state index in [-0.39, 0.29) is 5.56 Å². The molecule has 2 heterocycles. The van der Waals surface area contributed by atoms with Gasteiger partial charge in [0, 0.05) is 17.1 Å². The lowest BCUT2D eigenvalue weighted by Gasteiger charge is -2.04. The lowest BCUT2D eigenvalue weighted by Crippen LogP contribution is -2.21. The molecule has 0 radical (unpaired) electrons. The molecule has 0 atom stereocenters. The van der Waals surface area contributed by atoms with E-state index in [2.05, 4.69) is 10.1 Å². The molecule has 0 saturated carbocycles. The molecule has 2 aromatic heterocycles. The van der Waals surface area contributed by atoms with Gasteiger partial charge in [-0.05, 0) is 18.2 Å². The maximum absolute atomic E-state index is 12.3. The molecular formula is C14H9N3O2. The second-order valence-corrected chi connectivity index (χ2v) is 4.01. The van der Waals surface area contributed by atoms with E-state index < -0.39 is 0 Å². The van der Waals surface area contributed by atoms with Gasteiger partial charge in [0.15, 0.2) is 5.82 Å². The molecule has 0 aliphatic carbocycles. The number of carbonyl (C=O) groups is 1. The predicted molar refractivity (Wildman–Crippen MR) is 70.5 cm³/mol. The monoisotopic (exact) mass is 251 g/mol. The fraction of sp³-hybridized carbons (Fsp3) is 0. The van der Waals surface area contributed by atoms with Crippen molar-refractivity contribution in [3.8, 4) is 5.82 Å². The summed E-state index contributed by atoms with van der Waals surface area (Å²) in [6.45, 7) is 0. The Labute approximate surface area is 108 Å². The molecule has 0 N–H and O–H groups in total. The quantitative estimate of drug-likeness (QED) is 0.649. The van der Waals surface area contributed by atoms with Gasteiger partial charge in [0.2, 0.25) is 0 Å². The van der Waals surface area contributed by atoms with Crippen LogP contribution < -0.4 is 5.56 Å². The average Bonchev–Trinajstić information content (AvgIpc) is 2.48. The number of aromatic nitrogens is 3. The first-order valence-corrected chi connectivity index (χ1v) is 5.68. The summed E-state index contributed by atoms with van der Waals surface area (Å²) in [5.41, 5.74) is 0.170. The number of fused-ring (bicyclic) bond motifs is 1. The van der Waals surface area contributed by atoms with Crippen LogP contribution in [0, 0.1) is 0 Å². The number of hydrogen-bond acceptors (Lipinski definition) is 4. The van der Waals surface area contributed by atoms with Gasteiger partial charge in [0.05, 0.1) is 11.6 Å². The van der Waals surface area contributed by atoms with Crippen LogP contribution in [-0.4, -0.2) is 21.1 Å². The van der Waals surface area contributed by atoms with Crippen molar-refractivity contribution >= 4 is 17.1 Å². The van der Waals surface area contributed by atoms with Crippen molar-refractivity contribution in [2.24, 2.45) is 0 Å². The fourth-order valence-corrected chi connectivity index (χ4v) is 1.87. The Morgan fingerprint density at radius 3 is 2.79 bits per heavy atom. The molecule has 92 valence electrons. The smallest absolute Gasteiger partial charge is 0.280 e. The summed E-state index contributed by atoms with van der Waals surface area (Å²) in [5.74, 6) is 0.450. The number of benzene rings is 1. The normalized spacial score (nSPS) is 10.5. The first-order chi connectivity index (χ1) is 9.29. The maximum Gasteiger partial charge on any atom is 0.280 e. The third-order valence-electron chi connectivity index (χ3n) is 2.81. The maximum atomic E-state index is 12.3. The molecule has 19 heavy (non-hydrogen) atoms. The third kappa shape index (κ3) is 1.91. The van der Waals surface area contributed by atoms with Crippen LogP contribution in [0.3, 0.4) is 0 Å². The topological polar surface area (TPSA) is 64.8 Å². The lowest BCUT2D eigenvalue weighted by molar-refractivity contribution is 0.112. The fourth-order valence-electron chi connectivity index (χ4n) is 1.87. The molecule has 0 unspecified atom stereocenters. The summed E-state index contributed by atoms with van der Waals surface area (Å²) in [5, 5.41) is 5.23. The number of aldehydes is 1. The van der Waals surface area contributed by atoms with E-state index in [1.54, 1.807) is 48.8 Å². The Kier molecular flexibility index (Phi) is 2.64. The Hall–Kier alpha value is -2.82.